The molecule has 0 aliphatic heterocycles. The highest BCUT2D eigenvalue weighted by Crippen LogP contribution is 2.11. The van der Waals surface area contributed by atoms with Crippen molar-refractivity contribution in [3.8, 4) is 11.3 Å². The number of hydrogen-bond acceptors (Lipinski definition) is 5. The van der Waals surface area contributed by atoms with Crippen molar-refractivity contribution in [3.63, 3.8) is 0 Å². The molecule has 2 aromatic heterocycles. The molecule has 0 unspecified atom stereocenters. The van der Waals surface area contributed by atoms with Crippen molar-refractivity contribution in [2.45, 2.75) is 0 Å². The van der Waals surface area contributed by atoms with Crippen LogP contribution in [0, 0.1) is 0 Å². The van der Waals surface area contributed by atoms with Gasteiger partial charge >= 0.3 is 0 Å². The van der Waals surface area contributed by atoms with Gasteiger partial charge in [0.05, 0.1) is 0 Å². The molecule has 0 spiro atoms. The lowest BCUT2D eigenvalue weighted by atomic mass is 10.2. The Morgan fingerprint density at radius 3 is 2.71 bits per heavy atom. The van der Waals surface area contributed by atoms with E-state index in [0.717, 1.165) is 5.56 Å². The van der Waals surface area contributed by atoms with Crippen molar-refractivity contribution < 1.29 is 0 Å². The number of benzene rings is 1. The first-order valence-corrected chi connectivity index (χ1v) is 4.98. The zero-order valence-corrected chi connectivity index (χ0v) is 8.98. The number of hydrogen-bond donors (Lipinski definition) is 0. The van der Waals surface area contributed by atoms with Crippen molar-refractivity contribution in [1.29, 1.82) is 0 Å². The summed E-state index contributed by atoms with van der Waals surface area (Å²) in [5.41, 5.74) is 0.844. The monoisotopic (exact) mass is 228 g/mol. The summed E-state index contributed by atoms with van der Waals surface area (Å²) < 4.78 is 2.61. The molecular weight excluding hydrogens is 220 g/mol. The molecule has 0 bridgehead atoms. The van der Waals surface area contributed by atoms with E-state index in [0.29, 0.717) is 11.5 Å². The number of aryl methyl sites for hydroxylation is 1. The lowest BCUT2D eigenvalue weighted by molar-refractivity contribution is 0.699. The van der Waals surface area contributed by atoms with Gasteiger partial charge in [0.1, 0.15) is 0 Å². The first-order chi connectivity index (χ1) is 8.27. The van der Waals surface area contributed by atoms with Crippen LogP contribution in [0.15, 0.2) is 35.1 Å². The summed E-state index contributed by atoms with van der Waals surface area (Å²) in [6, 6.07) is 9.21. The largest absolute Gasteiger partial charge is 0.281 e. The zero-order chi connectivity index (χ0) is 11.8. The minimum Gasteiger partial charge on any atom is -0.276 e. The molecule has 2 heterocycles. The Bertz CT molecular complexity index is 729. The standard InChI is InChI=1S/C10H8N6O/c1-15-9(17)8(7-5-3-2-4-6-7)12-16-10(15)11-13-14-16/h2-6H,1H3. The van der Waals surface area contributed by atoms with Crippen molar-refractivity contribution in [1.82, 2.24) is 29.8 Å². The number of fused-ring (bicyclic) bond motifs is 1. The summed E-state index contributed by atoms with van der Waals surface area (Å²) in [6.07, 6.45) is 0. The van der Waals surface area contributed by atoms with Crippen molar-refractivity contribution in [2.75, 3.05) is 0 Å². The lowest BCUT2D eigenvalue weighted by Crippen LogP contribution is -2.24. The second kappa shape index (κ2) is 3.48. The van der Waals surface area contributed by atoms with E-state index in [1.807, 2.05) is 30.3 Å². The minimum absolute atomic E-state index is 0.224. The van der Waals surface area contributed by atoms with Gasteiger partial charge in [0.2, 0.25) is 0 Å². The molecular formula is C10H8N6O. The highest BCUT2D eigenvalue weighted by molar-refractivity contribution is 5.57. The first-order valence-electron chi connectivity index (χ1n) is 4.98. The van der Waals surface area contributed by atoms with Gasteiger partial charge in [-0.15, -0.1) is 5.10 Å². The van der Waals surface area contributed by atoms with Gasteiger partial charge in [0, 0.05) is 12.6 Å². The highest BCUT2D eigenvalue weighted by Gasteiger charge is 2.12. The Balaban J connectivity index is 2.38. The Labute approximate surface area is 95.3 Å². The second-order valence-electron chi connectivity index (χ2n) is 3.55. The molecule has 0 amide bonds. The summed E-state index contributed by atoms with van der Waals surface area (Å²) >= 11 is 0. The van der Waals surface area contributed by atoms with Crippen LogP contribution in [0.4, 0.5) is 0 Å². The van der Waals surface area contributed by atoms with Crippen LogP contribution in [-0.2, 0) is 7.05 Å². The van der Waals surface area contributed by atoms with Crippen LogP contribution in [0.1, 0.15) is 0 Å². The van der Waals surface area contributed by atoms with Crippen LogP contribution in [0.2, 0.25) is 0 Å². The van der Waals surface area contributed by atoms with Gasteiger partial charge in [0.15, 0.2) is 5.69 Å². The average molecular weight is 228 g/mol. The molecule has 17 heavy (non-hydrogen) atoms. The van der Waals surface area contributed by atoms with Crippen LogP contribution in [0.5, 0.6) is 0 Å². The number of nitrogens with zero attached hydrogens (tertiary/aromatic N) is 6. The number of rotatable bonds is 1. The summed E-state index contributed by atoms with van der Waals surface area (Å²) in [6.45, 7) is 0. The van der Waals surface area contributed by atoms with E-state index in [-0.39, 0.29) is 5.56 Å². The van der Waals surface area contributed by atoms with Crippen LogP contribution in [0.25, 0.3) is 17.0 Å². The van der Waals surface area contributed by atoms with Crippen LogP contribution < -0.4 is 5.56 Å². The summed E-state index contributed by atoms with van der Waals surface area (Å²) in [5.74, 6) is 0.315. The van der Waals surface area contributed by atoms with Crippen LogP contribution >= 0.6 is 0 Å². The van der Waals surface area contributed by atoms with E-state index in [1.165, 1.54) is 9.20 Å². The summed E-state index contributed by atoms with van der Waals surface area (Å²) in [5, 5.41) is 15.0. The van der Waals surface area contributed by atoms with Crippen molar-refractivity contribution in [3.05, 3.63) is 40.7 Å². The molecule has 1 aromatic carbocycles. The molecule has 0 radical (unpaired) electrons. The molecule has 0 saturated carbocycles. The molecule has 0 aliphatic rings. The highest BCUT2D eigenvalue weighted by atomic mass is 16.1. The summed E-state index contributed by atoms with van der Waals surface area (Å²) in [7, 11) is 1.61. The average Bonchev–Trinajstić information content (AvgIpc) is 2.83. The van der Waals surface area contributed by atoms with Gasteiger partial charge in [-0.25, -0.2) is 0 Å². The molecule has 0 N–H and O–H groups in total. The molecule has 84 valence electrons. The Morgan fingerprint density at radius 2 is 1.94 bits per heavy atom. The van der Waals surface area contributed by atoms with Crippen molar-refractivity contribution in [2.24, 2.45) is 7.05 Å². The third-order valence-corrected chi connectivity index (χ3v) is 2.49. The fourth-order valence-electron chi connectivity index (χ4n) is 1.61. The molecule has 0 aliphatic carbocycles. The van der Waals surface area contributed by atoms with E-state index in [2.05, 4.69) is 20.6 Å². The van der Waals surface area contributed by atoms with E-state index in [9.17, 15) is 4.79 Å². The fourth-order valence-corrected chi connectivity index (χ4v) is 1.61. The van der Waals surface area contributed by atoms with Crippen molar-refractivity contribution >= 4 is 5.78 Å². The van der Waals surface area contributed by atoms with Gasteiger partial charge in [-0.05, 0) is 10.4 Å². The van der Waals surface area contributed by atoms with Gasteiger partial charge in [-0.2, -0.15) is 0 Å². The Hall–Kier alpha value is -2.57. The quantitative estimate of drug-likeness (QED) is 0.580. The number of aromatic nitrogens is 6. The fraction of sp³-hybridized carbons (Fsp3) is 0.100. The molecule has 7 heteroatoms. The second-order valence-corrected chi connectivity index (χ2v) is 3.55. The van der Waals surface area contributed by atoms with Crippen LogP contribution in [0.3, 0.4) is 0 Å². The molecule has 3 rings (SSSR count). The number of tetrazole rings is 1. The van der Waals surface area contributed by atoms with Gasteiger partial charge in [0.25, 0.3) is 11.3 Å². The van der Waals surface area contributed by atoms with Gasteiger partial charge in [-0.3, -0.25) is 9.36 Å². The third-order valence-electron chi connectivity index (χ3n) is 2.49. The third kappa shape index (κ3) is 1.40. The maximum Gasteiger partial charge on any atom is 0.281 e. The molecule has 0 atom stereocenters. The predicted molar refractivity (Wildman–Crippen MR) is 59.3 cm³/mol. The SMILES string of the molecule is Cn1c(=O)c(-c2ccccc2)nn2nnnc12. The van der Waals surface area contributed by atoms with Gasteiger partial charge in [-0.1, -0.05) is 40.1 Å². The molecule has 7 nitrogen and oxygen atoms in total. The smallest absolute Gasteiger partial charge is 0.276 e. The van der Waals surface area contributed by atoms with E-state index in [1.54, 1.807) is 7.05 Å². The van der Waals surface area contributed by atoms with E-state index >= 15 is 0 Å². The Morgan fingerprint density at radius 1 is 1.18 bits per heavy atom. The maximum absolute atomic E-state index is 12.1. The topological polar surface area (TPSA) is 78.0 Å². The van der Waals surface area contributed by atoms with Gasteiger partial charge < -0.3 is 0 Å². The Kier molecular flexibility index (Phi) is 1.97. The maximum atomic E-state index is 12.1. The predicted octanol–water partition coefficient (Wildman–Crippen LogP) is -0.115. The zero-order valence-electron chi connectivity index (χ0n) is 8.98. The van der Waals surface area contributed by atoms with E-state index < -0.39 is 0 Å². The molecule has 3 aromatic rings. The lowest BCUT2D eigenvalue weighted by Gasteiger charge is -2.02. The van der Waals surface area contributed by atoms with E-state index in [4.69, 9.17) is 0 Å². The molecule has 0 saturated heterocycles. The summed E-state index contributed by atoms with van der Waals surface area (Å²) in [4.78, 5) is 12.1. The first kappa shape index (κ1) is 9.64. The normalized spacial score (nSPS) is 10.9. The molecule has 0 fully saturated rings. The minimum atomic E-state index is -0.224. The van der Waals surface area contributed by atoms with Crippen LogP contribution in [-0.4, -0.2) is 29.8 Å².